The first kappa shape index (κ1) is 26.9. The lowest BCUT2D eigenvalue weighted by Crippen LogP contribution is -2.50. The average Bonchev–Trinajstić information content (AvgIpc) is 3.24. The van der Waals surface area contributed by atoms with E-state index in [2.05, 4.69) is 27.5 Å². The minimum atomic E-state index is -0.185. The average molecular weight is 544 g/mol. The number of carbonyl (C=O) groups excluding carboxylic acids is 2. The zero-order chi connectivity index (χ0) is 27.5. The summed E-state index contributed by atoms with van der Waals surface area (Å²) in [6, 6.07) is 23.1. The Morgan fingerprint density at radius 3 is 2.36 bits per heavy atom. The Kier molecular flexibility index (Phi) is 8.02. The molecule has 2 heterocycles. The van der Waals surface area contributed by atoms with Gasteiger partial charge in [0.15, 0.2) is 0 Å². The second kappa shape index (κ2) is 11.6. The van der Waals surface area contributed by atoms with Gasteiger partial charge in [0.1, 0.15) is 0 Å². The van der Waals surface area contributed by atoms with E-state index in [1.807, 2.05) is 79.4 Å². The van der Waals surface area contributed by atoms with Crippen LogP contribution in [0.25, 0.3) is 11.3 Å². The summed E-state index contributed by atoms with van der Waals surface area (Å²) < 4.78 is 0. The molecule has 1 saturated heterocycles. The summed E-state index contributed by atoms with van der Waals surface area (Å²) in [5.74, 6) is -0.0871. The number of benzene rings is 3. The minimum Gasteiger partial charge on any atom is -0.354 e. The molecule has 0 radical (unpaired) electrons. The molecule has 0 saturated carbocycles. The van der Waals surface area contributed by atoms with Gasteiger partial charge in [-0.25, -0.2) is 0 Å². The molecule has 202 valence electrons. The fourth-order valence-corrected chi connectivity index (χ4v) is 5.30. The molecule has 0 spiro atoms. The van der Waals surface area contributed by atoms with Crippen LogP contribution in [0.2, 0.25) is 5.02 Å². The van der Waals surface area contributed by atoms with Gasteiger partial charge in [-0.2, -0.15) is 0 Å². The van der Waals surface area contributed by atoms with Crippen molar-refractivity contribution in [3.63, 3.8) is 0 Å². The molecular weight excluding hydrogens is 510 g/mol. The van der Waals surface area contributed by atoms with Gasteiger partial charge < -0.3 is 20.4 Å². The number of anilines is 3. The Bertz CT molecular complexity index is 1380. The van der Waals surface area contributed by atoms with Crippen molar-refractivity contribution in [3.8, 4) is 0 Å². The monoisotopic (exact) mass is 543 g/mol. The van der Waals surface area contributed by atoms with Crippen LogP contribution in [0.15, 0.2) is 72.8 Å². The van der Waals surface area contributed by atoms with Gasteiger partial charge in [0.25, 0.3) is 5.91 Å². The molecule has 0 atom stereocenters. The second-order valence-corrected chi connectivity index (χ2v) is 10.8. The third kappa shape index (κ3) is 6.01. The highest BCUT2D eigenvalue weighted by Gasteiger charge is 2.29. The number of fused-ring (bicyclic) bond motifs is 1. The smallest absolute Gasteiger partial charge is 0.258 e. The summed E-state index contributed by atoms with van der Waals surface area (Å²) in [5, 5.41) is 6.99. The molecule has 8 heteroatoms. The van der Waals surface area contributed by atoms with Crippen molar-refractivity contribution in [1.82, 2.24) is 9.80 Å². The van der Waals surface area contributed by atoms with Crippen LogP contribution in [0.5, 0.6) is 0 Å². The molecule has 0 bridgehead atoms. The number of nitrogens with zero attached hydrogens (tertiary/aromatic N) is 3. The van der Waals surface area contributed by atoms with E-state index in [1.165, 1.54) is 0 Å². The van der Waals surface area contributed by atoms with Crippen molar-refractivity contribution < 1.29 is 9.59 Å². The first-order valence-corrected chi connectivity index (χ1v) is 13.7. The highest BCUT2D eigenvalue weighted by molar-refractivity contribution is 6.38. The van der Waals surface area contributed by atoms with Gasteiger partial charge in [-0.3, -0.25) is 14.5 Å². The van der Waals surface area contributed by atoms with Gasteiger partial charge in [-0.1, -0.05) is 48.0 Å². The molecular formula is C31H34ClN5O2. The quantitative estimate of drug-likeness (QED) is 0.398. The van der Waals surface area contributed by atoms with Gasteiger partial charge in [0.05, 0.1) is 23.5 Å². The topological polar surface area (TPSA) is 67.9 Å². The molecule has 0 unspecified atom stereocenters. The number of halogens is 1. The molecule has 3 aromatic carbocycles. The van der Waals surface area contributed by atoms with E-state index in [1.54, 1.807) is 12.1 Å². The molecule has 2 aliphatic heterocycles. The van der Waals surface area contributed by atoms with Crippen molar-refractivity contribution in [1.29, 1.82) is 0 Å². The van der Waals surface area contributed by atoms with Crippen molar-refractivity contribution >= 4 is 51.7 Å². The van der Waals surface area contributed by atoms with Gasteiger partial charge >= 0.3 is 0 Å². The lowest BCUT2D eigenvalue weighted by Gasteiger charge is -2.34. The SMILES string of the molecule is CC(C)N(C(=O)CN1CCN(C)CC1)c1ccc(N/C(=C2\C(=O)Nc3cc(Cl)ccc32)c2ccccc2)cc1. The number of hydrogen-bond donors (Lipinski definition) is 2. The van der Waals surface area contributed by atoms with Gasteiger partial charge in [-0.15, -0.1) is 0 Å². The number of rotatable bonds is 7. The number of likely N-dealkylation sites (N-methyl/N-ethyl adjacent to an activating group) is 1. The Labute approximate surface area is 235 Å². The maximum Gasteiger partial charge on any atom is 0.258 e. The van der Waals surface area contributed by atoms with E-state index < -0.39 is 0 Å². The fourth-order valence-electron chi connectivity index (χ4n) is 5.13. The van der Waals surface area contributed by atoms with Crippen molar-refractivity contribution in [2.24, 2.45) is 0 Å². The summed E-state index contributed by atoms with van der Waals surface area (Å²) in [4.78, 5) is 32.8. The van der Waals surface area contributed by atoms with E-state index in [-0.39, 0.29) is 17.9 Å². The predicted molar refractivity (Wildman–Crippen MR) is 160 cm³/mol. The largest absolute Gasteiger partial charge is 0.354 e. The zero-order valence-corrected chi connectivity index (χ0v) is 23.3. The highest BCUT2D eigenvalue weighted by atomic mass is 35.5. The Morgan fingerprint density at radius 1 is 1.00 bits per heavy atom. The fraction of sp³-hybridized carbons (Fsp3) is 0.290. The lowest BCUT2D eigenvalue weighted by atomic mass is 10.00. The summed E-state index contributed by atoms with van der Waals surface area (Å²) >= 11 is 6.17. The zero-order valence-electron chi connectivity index (χ0n) is 22.6. The number of amides is 2. The van der Waals surface area contributed by atoms with Crippen LogP contribution in [-0.2, 0) is 9.59 Å². The molecule has 7 nitrogen and oxygen atoms in total. The highest BCUT2D eigenvalue weighted by Crippen LogP contribution is 2.39. The maximum atomic E-state index is 13.3. The second-order valence-electron chi connectivity index (χ2n) is 10.4. The summed E-state index contributed by atoms with van der Waals surface area (Å²) in [7, 11) is 2.11. The normalized spacial score (nSPS) is 17.1. The first-order chi connectivity index (χ1) is 18.8. The van der Waals surface area contributed by atoms with Crippen molar-refractivity contribution in [3.05, 3.63) is 88.9 Å². The van der Waals surface area contributed by atoms with Crippen LogP contribution in [-0.4, -0.2) is 67.4 Å². The van der Waals surface area contributed by atoms with E-state index >= 15 is 0 Å². The van der Waals surface area contributed by atoms with E-state index in [0.29, 0.717) is 28.5 Å². The Hall–Kier alpha value is -3.65. The molecule has 5 rings (SSSR count). The number of hydrogen-bond acceptors (Lipinski definition) is 5. The van der Waals surface area contributed by atoms with Crippen LogP contribution >= 0.6 is 11.6 Å². The minimum absolute atomic E-state index is 0.0243. The molecule has 1 fully saturated rings. The maximum absolute atomic E-state index is 13.3. The van der Waals surface area contributed by atoms with Gasteiger partial charge in [0.2, 0.25) is 5.91 Å². The van der Waals surface area contributed by atoms with Crippen molar-refractivity contribution in [2.75, 3.05) is 55.3 Å². The number of nitrogens with one attached hydrogen (secondary N) is 2. The summed E-state index contributed by atoms with van der Waals surface area (Å²) in [5.41, 5.74) is 5.31. The van der Waals surface area contributed by atoms with Crippen LogP contribution < -0.4 is 15.5 Å². The molecule has 0 aromatic heterocycles. The van der Waals surface area contributed by atoms with E-state index in [4.69, 9.17) is 11.6 Å². The van der Waals surface area contributed by atoms with Crippen LogP contribution in [0.4, 0.5) is 17.1 Å². The predicted octanol–water partition coefficient (Wildman–Crippen LogP) is 5.26. The summed E-state index contributed by atoms with van der Waals surface area (Å²) in [6.45, 7) is 8.24. The van der Waals surface area contributed by atoms with E-state index in [9.17, 15) is 9.59 Å². The first-order valence-electron chi connectivity index (χ1n) is 13.3. The van der Waals surface area contributed by atoms with Gasteiger partial charge in [0, 0.05) is 54.2 Å². The Balaban J connectivity index is 1.42. The summed E-state index contributed by atoms with van der Waals surface area (Å²) in [6.07, 6.45) is 0. The lowest BCUT2D eigenvalue weighted by molar-refractivity contribution is -0.120. The standard InChI is InChI=1S/C31H34ClN5O2/c1-21(2)37(28(38)20-36-17-15-35(3)16-18-36)25-12-10-24(11-13-25)33-30(22-7-5-4-6-8-22)29-26-14-9-23(32)19-27(26)34-31(29)39/h4-14,19,21,33H,15-18,20H2,1-3H3,(H,34,39)/b30-29-. The molecule has 0 aliphatic carbocycles. The van der Waals surface area contributed by atoms with Crippen LogP contribution in [0.1, 0.15) is 25.0 Å². The van der Waals surface area contributed by atoms with Crippen LogP contribution in [0, 0.1) is 0 Å². The van der Waals surface area contributed by atoms with E-state index in [0.717, 1.165) is 48.7 Å². The molecule has 39 heavy (non-hydrogen) atoms. The third-order valence-electron chi connectivity index (χ3n) is 7.19. The molecule has 2 N–H and O–H groups in total. The molecule has 3 aromatic rings. The van der Waals surface area contributed by atoms with Crippen LogP contribution in [0.3, 0.4) is 0 Å². The number of carbonyl (C=O) groups is 2. The van der Waals surface area contributed by atoms with Crippen molar-refractivity contribution in [2.45, 2.75) is 19.9 Å². The molecule has 2 aliphatic rings. The number of piperazine rings is 1. The Morgan fingerprint density at radius 2 is 1.69 bits per heavy atom. The molecule has 2 amide bonds. The third-order valence-corrected chi connectivity index (χ3v) is 7.43. The van der Waals surface area contributed by atoms with Gasteiger partial charge in [-0.05, 0) is 62.9 Å².